The van der Waals surface area contributed by atoms with Crippen LogP contribution in [0.3, 0.4) is 0 Å². The summed E-state index contributed by atoms with van der Waals surface area (Å²) in [5, 5.41) is 12.8. The lowest BCUT2D eigenvalue weighted by molar-refractivity contribution is 0.101. The molecule has 2 N–H and O–H groups in total. The summed E-state index contributed by atoms with van der Waals surface area (Å²) in [5.41, 5.74) is 0.178. The van der Waals surface area contributed by atoms with Crippen molar-refractivity contribution < 1.29 is 9.21 Å². The zero-order valence-electron chi connectivity index (χ0n) is 10.7. The van der Waals surface area contributed by atoms with E-state index >= 15 is 0 Å². The van der Waals surface area contributed by atoms with Gasteiger partial charge in [0.15, 0.2) is 0 Å². The van der Waals surface area contributed by atoms with Crippen LogP contribution in [0.2, 0.25) is 0 Å². The minimum Gasteiger partial charge on any atom is -0.408 e. The van der Waals surface area contributed by atoms with Gasteiger partial charge in [0.25, 0.3) is 5.91 Å². The van der Waals surface area contributed by atoms with Crippen molar-refractivity contribution in [1.82, 2.24) is 20.2 Å². The van der Waals surface area contributed by atoms with Crippen LogP contribution in [-0.2, 0) is 0 Å². The van der Waals surface area contributed by atoms with Crippen molar-refractivity contribution in [1.29, 1.82) is 0 Å². The second kappa shape index (κ2) is 5.89. The Morgan fingerprint density at radius 2 is 2.21 bits per heavy atom. The molecule has 2 heterocycles. The molecule has 0 saturated heterocycles. The first kappa shape index (κ1) is 12.9. The number of carbonyl (C=O) groups excluding carboxylic acids is 1. The molecule has 100 valence electrons. The molecule has 0 aromatic carbocycles. The molecule has 0 fully saturated rings. The maximum Gasteiger partial charge on any atom is 0.322 e. The van der Waals surface area contributed by atoms with E-state index in [-0.39, 0.29) is 11.7 Å². The Bertz CT molecular complexity index is 568. The van der Waals surface area contributed by atoms with Crippen LogP contribution in [0.5, 0.6) is 0 Å². The third-order valence-electron chi connectivity index (χ3n) is 2.17. The smallest absolute Gasteiger partial charge is 0.322 e. The number of aryl methyl sites for hydroxylation is 1. The Labute approximate surface area is 109 Å². The maximum absolute atomic E-state index is 11.9. The van der Waals surface area contributed by atoms with Crippen molar-refractivity contribution >= 4 is 17.7 Å². The molecule has 8 heteroatoms. The molecule has 1 amide bonds. The Kier molecular flexibility index (Phi) is 4.01. The minimum absolute atomic E-state index is 0.0382. The highest BCUT2D eigenvalue weighted by molar-refractivity contribution is 6.01. The molecule has 0 radical (unpaired) electrons. The van der Waals surface area contributed by atoms with E-state index < -0.39 is 5.91 Å². The molecule has 0 aliphatic heterocycles. The van der Waals surface area contributed by atoms with Crippen LogP contribution in [0.4, 0.5) is 11.8 Å². The molecule has 2 aromatic heterocycles. The third kappa shape index (κ3) is 3.47. The Morgan fingerprint density at radius 3 is 2.89 bits per heavy atom. The summed E-state index contributed by atoms with van der Waals surface area (Å²) in [6.45, 7) is 4.44. The molecule has 0 spiro atoms. The van der Waals surface area contributed by atoms with Crippen LogP contribution in [0.25, 0.3) is 0 Å². The molecule has 0 aliphatic rings. The van der Waals surface area contributed by atoms with Gasteiger partial charge in [-0.2, -0.15) is 0 Å². The molecule has 0 bridgehead atoms. The molecule has 2 aromatic rings. The highest BCUT2D eigenvalue weighted by atomic mass is 16.4. The van der Waals surface area contributed by atoms with E-state index in [1.54, 1.807) is 13.1 Å². The van der Waals surface area contributed by atoms with Gasteiger partial charge in [-0.15, -0.1) is 5.10 Å². The molecule has 19 heavy (non-hydrogen) atoms. The van der Waals surface area contributed by atoms with Crippen LogP contribution in [0.15, 0.2) is 16.8 Å². The predicted molar refractivity (Wildman–Crippen MR) is 67.8 cm³/mol. The number of amides is 1. The first-order valence-electron chi connectivity index (χ1n) is 5.86. The molecule has 0 saturated carbocycles. The van der Waals surface area contributed by atoms with Crippen molar-refractivity contribution in [2.75, 3.05) is 17.2 Å². The summed E-state index contributed by atoms with van der Waals surface area (Å²) < 4.78 is 5.05. The van der Waals surface area contributed by atoms with Crippen LogP contribution in [0.1, 0.15) is 29.7 Å². The summed E-state index contributed by atoms with van der Waals surface area (Å²) in [4.78, 5) is 20.0. The SMILES string of the molecule is CCCNc1cncc(C(=O)Nc2nnc(C)o2)n1. The van der Waals surface area contributed by atoms with Crippen LogP contribution >= 0.6 is 0 Å². The van der Waals surface area contributed by atoms with Gasteiger partial charge < -0.3 is 9.73 Å². The minimum atomic E-state index is -0.448. The van der Waals surface area contributed by atoms with Crippen LogP contribution in [0, 0.1) is 6.92 Å². The van der Waals surface area contributed by atoms with Crippen LogP contribution < -0.4 is 10.6 Å². The Balaban J connectivity index is 2.06. The number of hydrogen-bond donors (Lipinski definition) is 2. The standard InChI is InChI=1S/C11H14N6O2/c1-3-4-13-9-6-12-5-8(14-9)10(18)15-11-17-16-7(2)19-11/h5-6H,3-4H2,1-2H3,(H,13,14)(H,15,17,18). The quantitative estimate of drug-likeness (QED) is 0.834. The van der Waals surface area contributed by atoms with Gasteiger partial charge in [0, 0.05) is 13.5 Å². The molecule has 0 unspecified atom stereocenters. The zero-order chi connectivity index (χ0) is 13.7. The summed E-state index contributed by atoms with van der Waals surface area (Å²) in [6, 6.07) is 0.0382. The predicted octanol–water partition coefficient (Wildman–Crippen LogP) is 1.24. The number of aromatic nitrogens is 4. The van der Waals surface area contributed by atoms with Gasteiger partial charge in [-0.1, -0.05) is 12.0 Å². The van der Waals surface area contributed by atoms with Crippen molar-refractivity contribution in [3.63, 3.8) is 0 Å². The molecule has 8 nitrogen and oxygen atoms in total. The van der Waals surface area contributed by atoms with Crippen molar-refractivity contribution in [3.8, 4) is 0 Å². The van der Waals surface area contributed by atoms with Gasteiger partial charge in [0.2, 0.25) is 5.89 Å². The molecular weight excluding hydrogens is 248 g/mol. The van der Waals surface area contributed by atoms with Crippen molar-refractivity contribution in [2.24, 2.45) is 0 Å². The van der Waals surface area contributed by atoms with Crippen molar-refractivity contribution in [3.05, 3.63) is 24.0 Å². The third-order valence-corrected chi connectivity index (χ3v) is 2.17. The van der Waals surface area contributed by atoms with E-state index in [0.29, 0.717) is 11.7 Å². The Morgan fingerprint density at radius 1 is 1.37 bits per heavy atom. The number of carbonyl (C=O) groups is 1. The molecule has 0 aliphatic carbocycles. The van der Waals surface area contributed by atoms with E-state index in [0.717, 1.165) is 13.0 Å². The van der Waals surface area contributed by atoms with E-state index in [1.165, 1.54) is 6.20 Å². The average Bonchev–Trinajstić information content (AvgIpc) is 2.82. The normalized spacial score (nSPS) is 10.2. The summed E-state index contributed by atoms with van der Waals surface area (Å²) in [7, 11) is 0. The number of nitrogens with one attached hydrogen (secondary N) is 2. The topological polar surface area (TPSA) is 106 Å². The number of hydrogen-bond acceptors (Lipinski definition) is 7. The average molecular weight is 262 g/mol. The van der Waals surface area contributed by atoms with E-state index in [1.807, 2.05) is 6.92 Å². The fraction of sp³-hybridized carbons (Fsp3) is 0.364. The second-order valence-corrected chi connectivity index (χ2v) is 3.80. The van der Waals surface area contributed by atoms with Gasteiger partial charge in [0.05, 0.1) is 12.4 Å². The monoisotopic (exact) mass is 262 g/mol. The van der Waals surface area contributed by atoms with Gasteiger partial charge in [-0.3, -0.25) is 15.1 Å². The Hall–Kier alpha value is -2.51. The van der Waals surface area contributed by atoms with Gasteiger partial charge in [-0.05, 0) is 6.42 Å². The maximum atomic E-state index is 11.9. The fourth-order valence-corrected chi connectivity index (χ4v) is 1.32. The summed E-state index contributed by atoms with van der Waals surface area (Å²) in [5.74, 6) is 0.479. The first-order chi connectivity index (χ1) is 9.19. The lowest BCUT2D eigenvalue weighted by Gasteiger charge is -2.04. The van der Waals surface area contributed by atoms with Gasteiger partial charge in [-0.25, -0.2) is 4.98 Å². The van der Waals surface area contributed by atoms with Crippen LogP contribution in [-0.4, -0.2) is 32.6 Å². The fourth-order valence-electron chi connectivity index (χ4n) is 1.32. The van der Waals surface area contributed by atoms with Gasteiger partial charge in [0.1, 0.15) is 11.5 Å². The number of anilines is 2. The van der Waals surface area contributed by atoms with Gasteiger partial charge >= 0.3 is 6.01 Å². The zero-order valence-corrected chi connectivity index (χ0v) is 10.7. The van der Waals surface area contributed by atoms with E-state index in [2.05, 4.69) is 30.8 Å². The molecule has 2 rings (SSSR count). The largest absolute Gasteiger partial charge is 0.408 e. The van der Waals surface area contributed by atoms with E-state index in [4.69, 9.17) is 4.42 Å². The highest BCUT2D eigenvalue weighted by Gasteiger charge is 2.12. The number of nitrogens with zero attached hydrogens (tertiary/aromatic N) is 4. The van der Waals surface area contributed by atoms with E-state index in [9.17, 15) is 4.79 Å². The second-order valence-electron chi connectivity index (χ2n) is 3.80. The first-order valence-corrected chi connectivity index (χ1v) is 5.86. The molecular formula is C11H14N6O2. The lowest BCUT2D eigenvalue weighted by atomic mass is 10.4. The highest BCUT2D eigenvalue weighted by Crippen LogP contribution is 2.07. The van der Waals surface area contributed by atoms with Crippen molar-refractivity contribution in [2.45, 2.75) is 20.3 Å². The number of rotatable bonds is 5. The lowest BCUT2D eigenvalue weighted by Crippen LogP contribution is -2.15. The summed E-state index contributed by atoms with van der Waals surface area (Å²) >= 11 is 0. The summed E-state index contributed by atoms with van der Waals surface area (Å²) in [6.07, 6.45) is 3.89. The molecule has 0 atom stereocenters.